The molecular weight excluding hydrogens is 488 g/mol. The SMILES string of the molecule is CCCCc1ccc(NC(=O)Nc2[nH]c(Cc3ccc(C(=O)N4C[C@@H](C)O[C@@H](C)C4)o3)nc2C(N)=O)cc1. The molecule has 3 aromatic rings. The Hall–Kier alpha value is -4.12. The van der Waals surface area contributed by atoms with Gasteiger partial charge in [0.05, 0.1) is 18.6 Å². The first-order valence-corrected chi connectivity index (χ1v) is 12.8. The molecule has 4 amide bonds. The van der Waals surface area contributed by atoms with Gasteiger partial charge in [-0.2, -0.15) is 0 Å². The number of nitrogens with zero attached hydrogens (tertiary/aromatic N) is 2. The minimum Gasteiger partial charge on any atom is -0.455 e. The van der Waals surface area contributed by atoms with E-state index in [2.05, 4.69) is 27.5 Å². The molecule has 11 nitrogen and oxygen atoms in total. The molecule has 0 bridgehead atoms. The predicted molar refractivity (Wildman–Crippen MR) is 142 cm³/mol. The second-order valence-electron chi connectivity index (χ2n) is 9.56. The van der Waals surface area contributed by atoms with Gasteiger partial charge in [-0.15, -0.1) is 0 Å². The van der Waals surface area contributed by atoms with Crippen molar-refractivity contribution in [3.05, 3.63) is 65.0 Å². The first kappa shape index (κ1) is 26.9. The van der Waals surface area contributed by atoms with E-state index in [0.717, 1.165) is 19.3 Å². The van der Waals surface area contributed by atoms with Crippen molar-refractivity contribution < 1.29 is 23.5 Å². The normalized spacial score (nSPS) is 17.3. The molecule has 202 valence electrons. The quantitative estimate of drug-likeness (QED) is 0.334. The fraction of sp³-hybridized carbons (Fsp3) is 0.407. The molecule has 1 aliphatic heterocycles. The van der Waals surface area contributed by atoms with Gasteiger partial charge in [-0.1, -0.05) is 25.5 Å². The number of nitrogens with two attached hydrogens (primary N) is 1. The summed E-state index contributed by atoms with van der Waals surface area (Å²) in [6.07, 6.45) is 3.25. The molecular formula is C27H34N6O5. The van der Waals surface area contributed by atoms with Gasteiger partial charge < -0.3 is 30.1 Å². The topological polar surface area (TPSA) is 156 Å². The number of aryl methyl sites for hydroxylation is 1. The van der Waals surface area contributed by atoms with Gasteiger partial charge in [0.25, 0.3) is 11.8 Å². The van der Waals surface area contributed by atoms with Crippen LogP contribution in [-0.2, 0) is 17.6 Å². The summed E-state index contributed by atoms with van der Waals surface area (Å²) in [5.74, 6) is 0.0787. The number of rotatable bonds is 9. The van der Waals surface area contributed by atoms with Crippen molar-refractivity contribution in [2.24, 2.45) is 5.73 Å². The Kier molecular flexibility index (Phi) is 8.47. The average molecular weight is 523 g/mol. The maximum absolute atomic E-state index is 12.9. The van der Waals surface area contributed by atoms with Crippen LogP contribution in [0.4, 0.5) is 16.3 Å². The summed E-state index contributed by atoms with van der Waals surface area (Å²) in [6.45, 7) is 6.96. The first-order chi connectivity index (χ1) is 18.2. The second-order valence-corrected chi connectivity index (χ2v) is 9.56. The number of morpholine rings is 1. The Bertz CT molecular complexity index is 1270. The van der Waals surface area contributed by atoms with Gasteiger partial charge in [0.2, 0.25) is 0 Å². The predicted octanol–water partition coefficient (Wildman–Crippen LogP) is 3.93. The molecule has 1 aliphatic rings. The number of hydrogen-bond acceptors (Lipinski definition) is 6. The van der Waals surface area contributed by atoms with E-state index in [1.807, 2.05) is 38.1 Å². The van der Waals surface area contributed by atoms with Crippen LogP contribution in [0.5, 0.6) is 0 Å². The fourth-order valence-corrected chi connectivity index (χ4v) is 4.44. The van der Waals surface area contributed by atoms with Crippen LogP contribution < -0.4 is 16.4 Å². The molecule has 0 spiro atoms. The molecule has 0 saturated carbocycles. The average Bonchev–Trinajstić information content (AvgIpc) is 3.49. The second kappa shape index (κ2) is 12.0. The van der Waals surface area contributed by atoms with Gasteiger partial charge in [-0.3, -0.25) is 14.9 Å². The zero-order valence-electron chi connectivity index (χ0n) is 21.9. The first-order valence-electron chi connectivity index (χ1n) is 12.8. The van der Waals surface area contributed by atoms with Crippen LogP contribution in [-0.4, -0.2) is 58.0 Å². The van der Waals surface area contributed by atoms with E-state index in [4.69, 9.17) is 14.9 Å². The van der Waals surface area contributed by atoms with Crippen molar-refractivity contribution in [2.45, 2.75) is 58.7 Å². The Morgan fingerprint density at radius 2 is 1.79 bits per heavy atom. The minimum atomic E-state index is -0.797. The summed E-state index contributed by atoms with van der Waals surface area (Å²) in [7, 11) is 0. The Morgan fingerprint density at radius 1 is 1.08 bits per heavy atom. The molecule has 0 unspecified atom stereocenters. The molecule has 5 N–H and O–H groups in total. The van der Waals surface area contributed by atoms with Crippen molar-refractivity contribution in [2.75, 3.05) is 23.7 Å². The van der Waals surface area contributed by atoms with Crippen molar-refractivity contribution in [3.63, 3.8) is 0 Å². The van der Waals surface area contributed by atoms with Gasteiger partial charge >= 0.3 is 6.03 Å². The Labute approximate surface area is 221 Å². The largest absolute Gasteiger partial charge is 0.455 e. The summed E-state index contributed by atoms with van der Waals surface area (Å²) < 4.78 is 11.5. The van der Waals surface area contributed by atoms with E-state index in [9.17, 15) is 14.4 Å². The molecule has 3 heterocycles. The number of unbranched alkanes of at least 4 members (excludes halogenated alkanes) is 1. The number of hydrogen-bond donors (Lipinski definition) is 4. The lowest BCUT2D eigenvalue weighted by Gasteiger charge is -2.34. The number of imidazole rings is 1. The number of nitrogens with one attached hydrogen (secondary N) is 3. The Balaban J connectivity index is 1.39. The van der Waals surface area contributed by atoms with Crippen LogP contribution in [0.15, 0.2) is 40.8 Å². The summed E-state index contributed by atoms with van der Waals surface area (Å²) in [6, 6.07) is 10.3. The maximum atomic E-state index is 12.9. The third kappa shape index (κ3) is 6.80. The highest BCUT2D eigenvalue weighted by Gasteiger charge is 2.28. The summed E-state index contributed by atoms with van der Waals surface area (Å²) in [5, 5.41) is 5.33. The van der Waals surface area contributed by atoms with Gasteiger partial charge in [0.1, 0.15) is 17.4 Å². The zero-order valence-corrected chi connectivity index (χ0v) is 21.9. The van der Waals surface area contributed by atoms with Crippen LogP contribution in [0, 0.1) is 0 Å². The van der Waals surface area contributed by atoms with Crippen molar-refractivity contribution in [1.82, 2.24) is 14.9 Å². The third-order valence-electron chi connectivity index (χ3n) is 6.18. The number of amides is 4. The summed E-state index contributed by atoms with van der Waals surface area (Å²) in [5.41, 5.74) is 7.18. The number of urea groups is 1. The van der Waals surface area contributed by atoms with Gasteiger partial charge in [0.15, 0.2) is 11.5 Å². The van der Waals surface area contributed by atoms with Crippen LogP contribution in [0.2, 0.25) is 0 Å². The molecule has 2 atom stereocenters. The third-order valence-corrected chi connectivity index (χ3v) is 6.18. The lowest BCUT2D eigenvalue weighted by atomic mass is 10.1. The number of benzene rings is 1. The maximum Gasteiger partial charge on any atom is 0.324 e. The number of ether oxygens (including phenoxy) is 1. The molecule has 0 aliphatic carbocycles. The lowest BCUT2D eigenvalue weighted by molar-refractivity contribution is -0.0592. The number of aromatic nitrogens is 2. The molecule has 11 heteroatoms. The minimum absolute atomic E-state index is 0.0549. The Morgan fingerprint density at radius 3 is 2.45 bits per heavy atom. The standard InChI is InChI=1S/C27H34N6O5/c1-4-5-6-18-7-9-19(10-8-18)29-27(36)32-25-23(24(28)34)30-22(31-25)13-20-11-12-21(38-20)26(35)33-14-16(2)37-17(3)15-33/h7-12,16-17H,4-6,13-15H2,1-3H3,(H2,28,34)(H,30,31)(H2,29,32,36)/t16-,17+. The number of primary amides is 1. The van der Waals surface area contributed by atoms with Crippen molar-refractivity contribution in [1.29, 1.82) is 0 Å². The monoisotopic (exact) mass is 522 g/mol. The van der Waals surface area contributed by atoms with E-state index in [-0.39, 0.29) is 41.8 Å². The van der Waals surface area contributed by atoms with Crippen LogP contribution in [0.1, 0.15) is 71.8 Å². The van der Waals surface area contributed by atoms with Gasteiger partial charge in [0, 0.05) is 18.8 Å². The van der Waals surface area contributed by atoms with Crippen LogP contribution in [0.3, 0.4) is 0 Å². The molecule has 1 saturated heterocycles. The molecule has 1 fully saturated rings. The zero-order chi connectivity index (χ0) is 27.2. The fourth-order valence-electron chi connectivity index (χ4n) is 4.44. The molecule has 38 heavy (non-hydrogen) atoms. The molecule has 1 aromatic carbocycles. The van der Waals surface area contributed by atoms with Crippen molar-refractivity contribution in [3.8, 4) is 0 Å². The van der Waals surface area contributed by atoms with E-state index < -0.39 is 11.9 Å². The number of aromatic amines is 1. The number of furan rings is 1. The van der Waals surface area contributed by atoms with Crippen LogP contribution >= 0.6 is 0 Å². The highest BCUT2D eigenvalue weighted by atomic mass is 16.5. The highest BCUT2D eigenvalue weighted by molar-refractivity contribution is 6.04. The molecule has 2 aromatic heterocycles. The summed E-state index contributed by atoms with van der Waals surface area (Å²) >= 11 is 0. The van der Waals surface area contributed by atoms with Crippen molar-refractivity contribution >= 4 is 29.4 Å². The van der Waals surface area contributed by atoms with E-state index >= 15 is 0 Å². The highest BCUT2D eigenvalue weighted by Crippen LogP contribution is 2.20. The number of carbonyl (C=O) groups excluding carboxylic acids is 3. The van der Waals surface area contributed by atoms with E-state index in [1.54, 1.807) is 17.0 Å². The number of carbonyl (C=O) groups is 3. The van der Waals surface area contributed by atoms with Crippen LogP contribution in [0.25, 0.3) is 0 Å². The van der Waals surface area contributed by atoms with E-state index in [1.165, 1.54) is 5.56 Å². The van der Waals surface area contributed by atoms with Gasteiger partial charge in [-0.25, -0.2) is 9.78 Å². The smallest absolute Gasteiger partial charge is 0.324 e. The van der Waals surface area contributed by atoms with Gasteiger partial charge in [-0.05, 0) is 56.5 Å². The molecule has 4 rings (SSSR count). The van der Waals surface area contributed by atoms with E-state index in [0.29, 0.717) is 30.4 Å². The molecule has 0 radical (unpaired) electrons. The summed E-state index contributed by atoms with van der Waals surface area (Å²) in [4.78, 5) is 46.2. The lowest BCUT2D eigenvalue weighted by Crippen LogP contribution is -2.48. The number of H-pyrrole nitrogens is 1. The number of anilines is 2.